The van der Waals surface area contributed by atoms with E-state index < -0.39 is 0 Å². The zero-order chi connectivity index (χ0) is 13.2. The largest absolute Gasteiger partial charge is 0.326 e. The molecule has 2 amide bonds. The van der Waals surface area contributed by atoms with Gasteiger partial charge in [0.2, 0.25) is 11.8 Å². The molecule has 2 aliphatic rings. The van der Waals surface area contributed by atoms with Crippen molar-refractivity contribution in [3.63, 3.8) is 0 Å². The van der Waals surface area contributed by atoms with Crippen LogP contribution in [0.25, 0.3) is 0 Å². The first-order valence-corrected chi connectivity index (χ1v) is 6.96. The molecule has 0 radical (unpaired) electrons. The molecule has 1 fully saturated rings. The minimum atomic E-state index is 0.0192. The van der Waals surface area contributed by atoms with E-state index >= 15 is 0 Å². The van der Waals surface area contributed by atoms with E-state index in [9.17, 15) is 9.59 Å². The second-order valence-corrected chi connectivity index (χ2v) is 5.42. The molecule has 19 heavy (non-hydrogen) atoms. The number of rotatable bonds is 2. The first kappa shape index (κ1) is 12.2. The van der Waals surface area contributed by atoms with Gasteiger partial charge in [0.25, 0.3) is 0 Å². The molecule has 4 nitrogen and oxygen atoms in total. The maximum Gasteiger partial charge on any atom is 0.228 e. The molecule has 2 N–H and O–H groups in total. The number of hydrogen-bond donors (Lipinski definition) is 2. The van der Waals surface area contributed by atoms with Gasteiger partial charge >= 0.3 is 0 Å². The number of nitrogens with one attached hydrogen (secondary N) is 2. The van der Waals surface area contributed by atoms with Crippen LogP contribution in [0.1, 0.15) is 37.7 Å². The lowest BCUT2D eigenvalue weighted by Gasteiger charge is -2.20. The molecule has 1 aromatic carbocycles. The Balaban J connectivity index is 1.68. The number of benzene rings is 1. The van der Waals surface area contributed by atoms with E-state index in [-0.39, 0.29) is 17.7 Å². The molecule has 1 aliphatic heterocycles. The van der Waals surface area contributed by atoms with Crippen molar-refractivity contribution in [1.29, 1.82) is 0 Å². The van der Waals surface area contributed by atoms with Gasteiger partial charge in [0, 0.05) is 17.3 Å². The topological polar surface area (TPSA) is 58.2 Å². The Morgan fingerprint density at radius 1 is 1.21 bits per heavy atom. The first-order valence-electron chi connectivity index (χ1n) is 6.96. The van der Waals surface area contributed by atoms with Crippen LogP contribution in [-0.4, -0.2) is 11.8 Å². The molecular formula is C15H18N2O2. The van der Waals surface area contributed by atoms with E-state index in [2.05, 4.69) is 10.6 Å². The van der Waals surface area contributed by atoms with E-state index in [1.54, 1.807) is 0 Å². The highest BCUT2D eigenvalue weighted by atomic mass is 16.2. The number of anilines is 2. The van der Waals surface area contributed by atoms with Gasteiger partial charge in [-0.25, -0.2) is 0 Å². The maximum atomic E-state index is 12.1. The Kier molecular flexibility index (Phi) is 3.23. The van der Waals surface area contributed by atoms with Crippen molar-refractivity contribution in [2.45, 2.75) is 38.5 Å². The number of carbonyl (C=O) groups is 2. The Bertz CT molecular complexity index is 519. The van der Waals surface area contributed by atoms with Crippen molar-refractivity contribution in [1.82, 2.24) is 0 Å². The highest BCUT2D eigenvalue weighted by Gasteiger charge is 2.22. The Labute approximate surface area is 112 Å². The van der Waals surface area contributed by atoms with E-state index in [0.717, 1.165) is 42.6 Å². The first-order chi connectivity index (χ1) is 9.22. The third kappa shape index (κ3) is 2.62. The summed E-state index contributed by atoms with van der Waals surface area (Å²) in [5.74, 6) is 0.296. The van der Waals surface area contributed by atoms with Gasteiger partial charge in [-0.05, 0) is 36.6 Å². The lowest BCUT2D eigenvalue weighted by Crippen LogP contribution is -2.24. The van der Waals surface area contributed by atoms with E-state index in [1.807, 2.05) is 18.2 Å². The zero-order valence-corrected chi connectivity index (χ0v) is 10.9. The molecule has 1 aliphatic carbocycles. The molecule has 0 aromatic heterocycles. The summed E-state index contributed by atoms with van der Waals surface area (Å²) in [5.41, 5.74) is 2.62. The highest BCUT2D eigenvalue weighted by molar-refractivity contribution is 6.00. The highest BCUT2D eigenvalue weighted by Crippen LogP contribution is 2.28. The number of hydrogen-bond acceptors (Lipinski definition) is 2. The number of amides is 2. The molecule has 1 aromatic rings. The summed E-state index contributed by atoms with van der Waals surface area (Å²) in [5, 5.41) is 5.77. The molecule has 100 valence electrons. The minimum Gasteiger partial charge on any atom is -0.326 e. The Morgan fingerprint density at radius 3 is 2.79 bits per heavy atom. The van der Waals surface area contributed by atoms with E-state index in [4.69, 9.17) is 0 Å². The van der Waals surface area contributed by atoms with Crippen molar-refractivity contribution < 1.29 is 9.59 Å². The molecule has 0 saturated heterocycles. The molecule has 3 rings (SSSR count). The van der Waals surface area contributed by atoms with Gasteiger partial charge < -0.3 is 10.6 Å². The van der Waals surface area contributed by atoms with Crippen LogP contribution in [0.3, 0.4) is 0 Å². The zero-order valence-electron chi connectivity index (χ0n) is 10.9. The van der Waals surface area contributed by atoms with Crippen LogP contribution in [0.15, 0.2) is 18.2 Å². The predicted molar refractivity (Wildman–Crippen MR) is 74.0 cm³/mol. The van der Waals surface area contributed by atoms with Crippen molar-refractivity contribution in [2.24, 2.45) is 5.92 Å². The van der Waals surface area contributed by atoms with Crippen LogP contribution in [0.4, 0.5) is 11.4 Å². The van der Waals surface area contributed by atoms with E-state index in [0.29, 0.717) is 6.42 Å². The smallest absolute Gasteiger partial charge is 0.228 e. The van der Waals surface area contributed by atoms with Crippen molar-refractivity contribution in [3.05, 3.63) is 23.8 Å². The average molecular weight is 258 g/mol. The van der Waals surface area contributed by atoms with Crippen molar-refractivity contribution in [3.8, 4) is 0 Å². The van der Waals surface area contributed by atoms with Gasteiger partial charge in [-0.3, -0.25) is 9.59 Å². The third-order valence-corrected chi connectivity index (χ3v) is 3.97. The fraction of sp³-hybridized carbons (Fsp3) is 0.467. The summed E-state index contributed by atoms with van der Waals surface area (Å²) in [7, 11) is 0. The van der Waals surface area contributed by atoms with Crippen molar-refractivity contribution in [2.75, 3.05) is 10.6 Å². The summed E-state index contributed by atoms with van der Waals surface area (Å²) in [6.07, 6.45) is 5.95. The fourth-order valence-electron chi connectivity index (χ4n) is 2.92. The molecule has 0 spiro atoms. The summed E-state index contributed by atoms with van der Waals surface area (Å²) in [6, 6.07) is 5.61. The van der Waals surface area contributed by atoms with Crippen LogP contribution in [0.2, 0.25) is 0 Å². The van der Waals surface area contributed by atoms with Crippen LogP contribution in [0, 0.1) is 5.92 Å². The SMILES string of the molecule is O=C1Cc2cc(NC(=O)C3CCCCC3)ccc2N1. The summed E-state index contributed by atoms with van der Waals surface area (Å²) in [4.78, 5) is 23.4. The lowest BCUT2D eigenvalue weighted by atomic mass is 9.88. The second-order valence-electron chi connectivity index (χ2n) is 5.42. The minimum absolute atomic E-state index is 0.0192. The van der Waals surface area contributed by atoms with Crippen LogP contribution in [-0.2, 0) is 16.0 Å². The second kappa shape index (κ2) is 5.03. The summed E-state index contributed by atoms with van der Waals surface area (Å²) in [6.45, 7) is 0. The van der Waals surface area contributed by atoms with Gasteiger partial charge in [-0.2, -0.15) is 0 Å². The predicted octanol–water partition coefficient (Wildman–Crippen LogP) is 2.70. The number of fused-ring (bicyclic) bond motifs is 1. The average Bonchev–Trinajstić information content (AvgIpc) is 2.79. The molecule has 0 bridgehead atoms. The fourth-order valence-corrected chi connectivity index (χ4v) is 2.92. The van der Waals surface area contributed by atoms with Gasteiger partial charge in [-0.1, -0.05) is 19.3 Å². The number of carbonyl (C=O) groups excluding carboxylic acids is 2. The molecule has 4 heteroatoms. The Hall–Kier alpha value is -1.84. The molecule has 0 atom stereocenters. The van der Waals surface area contributed by atoms with Gasteiger partial charge in [0.15, 0.2) is 0 Å². The monoisotopic (exact) mass is 258 g/mol. The summed E-state index contributed by atoms with van der Waals surface area (Å²) >= 11 is 0. The molecule has 1 saturated carbocycles. The van der Waals surface area contributed by atoms with Crippen LogP contribution < -0.4 is 10.6 Å². The summed E-state index contributed by atoms with van der Waals surface area (Å²) < 4.78 is 0. The van der Waals surface area contributed by atoms with Crippen LogP contribution >= 0.6 is 0 Å². The van der Waals surface area contributed by atoms with Crippen molar-refractivity contribution >= 4 is 23.2 Å². The van der Waals surface area contributed by atoms with Gasteiger partial charge in [-0.15, -0.1) is 0 Å². The van der Waals surface area contributed by atoms with Gasteiger partial charge in [0.1, 0.15) is 0 Å². The van der Waals surface area contributed by atoms with Crippen LogP contribution in [0.5, 0.6) is 0 Å². The Morgan fingerprint density at radius 2 is 2.00 bits per heavy atom. The quantitative estimate of drug-likeness (QED) is 0.856. The maximum absolute atomic E-state index is 12.1. The molecule has 1 heterocycles. The normalized spacial score (nSPS) is 18.8. The third-order valence-electron chi connectivity index (χ3n) is 3.97. The molecular weight excluding hydrogens is 240 g/mol. The van der Waals surface area contributed by atoms with Gasteiger partial charge in [0.05, 0.1) is 6.42 Å². The van der Waals surface area contributed by atoms with E-state index in [1.165, 1.54) is 6.42 Å². The molecule has 0 unspecified atom stereocenters. The standard InChI is InChI=1S/C15H18N2O2/c18-14-9-11-8-12(6-7-13(11)17-14)16-15(19)10-4-2-1-3-5-10/h6-8,10H,1-5,9H2,(H,16,19)(H,17,18). The lowest BCUT2D eigenvalue weighted by molar-refractivity contribution is -0.120.